The second-order valence-electron chi connectivity index (χ2n) is 5.30. The number of hydrogen-bond donors (Lipinski definition) is 1. The summed E-state index contributed by atoms with van der Waals surface area (Å²) < 4.78 is 13.6. The molecule has 0 saturated heterocycles. The predicted octanol–water partition coefficient (Wildman–Crippen LogP) is 2.90. The molecule has 0 atom stereocenters. The maximum atomic E-state index is 13.6. The van der Waals surface area contributed by atoms with Crippen LogP contribution < -0.4 is 16.0 Å². The summed E-state index contributed by atoms with van der Waals surface area (Å²) in [4.78, 5) is 12.2. The third kappa shape index (κ3) is 4.40. The van der Waals surface area contributed by atoms with E-state index in [2.05, 4.69) is 10.5 Å². The van der Waals surface area contributed by atoms with Crippen molar-refractivity contribution in [3.63, 3.8) is 0 Å². The van der Waals surface area contributed by atoms with Crippen LogP contribution in [0.5, 0.6) is 0 Å². The first-order valence-corrected chi connectivity index (χ1v) is 9.47. The third-order valence-electron chi connectivity index (χ3n) is 3.60. The number of carbonyl (C=O) groups is 1. The monoisotopic (exact) mass is 328 g/mol. The molecule has 0 heterocycles. The van der Waals surface area contributed by atoms with Gasteiger partial charge in [0.1, 0.15) is 0 Å². The van der Waals surface area contributed by atoms with E-state index < -0.39 is 7.14 Å². The van der Waals surface area contributed by atoms with Crippen LogP contribution in [0.4, 0.5) is 0 Å². The van der Waals surface area contributed by atoms with E-state index in [1.165, 1.54) is 0 Å². The Labute approximate surface area is 137 Å². The fraction of sp³-hybridized carbons (Fsp3) is 0.222. The molecule has 1 N–H and O–H groups in total. The van der Waals surface area contributed by atoms with Crippen LogP contribution in [0.3, 0.4) is 0 Å². The first-order valence-electron chi connectivity index (χ1n) is 7.58. The summed E-state index contributed by atoms with van der Waals surface area (Å²) in [6.45, 7) is 3.80. The van der Waals surface area contributed by atoms with Crippen molar-refractivity contribution < 1.29 is 9.36 Å². The van der Waals surface area contributed by atoms with Crippen LogP contribution in [0.25, 0.3) is 0 Å². The zero-order chi connectivity index (χ0) is 16.7. The highest BCUT2D eigenvalue weighted by Gasteiger charge is 2.30. The summed E-state index contributed by atoms with van der Waals surface area (Å²) in [6.07, 6.45) is 0.664. The summed E-state index contributed by atoms with van der Waals surface area (Å²) >= 11 is 0. The van der Waals surface area contributed by atoms with Crippen LogP contribution in [0.1, 0.15) is 20.3 Å². The molecule has 4 nitrogen and oxygen atoms in total. The van der Waals surface area contributed by atoms with Crippen molar-refractivity contribution in [2.75, 3.05) is 6.16 Å². The van der Waals surface area contributed by atoms with Crippen LogP contribution in [0.15, 0.2) is 65.8 Å². The first kappa shape index (κ1) is 17.2. The quantitative estimate of drug-likeness (QED) is 0.503. The molecule has 2 aromatic rings. The molecule has 0 aliphatic heterocycles. The van der Waals surface area contributed by atoms with Crippen LogP contribution in [0, 0.1) is 0 Å². The smallest absolute Gasteiger partial charge is 0.248 e. The molecule has 0 spiro atoms. The lowest BCUT2D eigenvalue weighted by Crippen LogP contribution is -2.28. The van der Waals surface area contributed by atoms with Gasteiger partial charge in [-0.1, -0.05) is 67.6 Å². The highest BCUT2D eigenvalue weighted by Crippen LogP contribution is 2.42. The fourth-order valence-electron chi connectivity index (χ4n) is 2.14. The van der Waals surface area contributed by atoms with Crippen molar-refractivity contribution in [1.29, 1.82) is 0 Å². The lowest BCUT2D eigenvalue weighted by atomic mass is 10.3. The molecule has 0 unspecified atom stereocenters. The number of hydrazone groups is 1. The number of hydrogen-bond acceptors (Lipinski definition) is 3. The maximum absolute atomic E-state index is 13.6. The summed E-state index contributed by atoms with van der Waals surface area (Å²) in [6, 6.07) is 18.3. The minimum atomic E-state index is -3.03. The number of nitrogens with one attached hydrogen (secondary N) is 1. The van der Waals surface area contributed by atoms with Crippen LogP contribution >= 0.6 is 7.14 Å². The highest BCUT2D eigenvalue weighted by molar-refractivity contribution is 7.79. The average molecular weight is 328 g/mol. The second-order valence-corrected chi connectivity index (χ2v) is 8.13. The lowest BCUT2D eigenvalue weighted by Gasteiger charge is -2.18. The van der Waals surface area contributed by atoms with E-state index in [4.69, 9.17) is 0 Å². The number of nitrogens with zero attached hydrogens (tertiary/aromatic N) is 1. The van der Waals surface area contributed by atoms with E-state index in [1.54, 1.807) is 0 Å². The van der Waals surface area contributed by atoms with Crippen molar-refractivity contribution in [1.82, 2.24) is 5.43 Å². The van der Waals surface area contributed by atoms with Crippen molar-refractivity contribution in [3.8, 4) is 0 Å². The molecule has 120 valence electrons. The van der Waals surface area contributed by atoms with Gasteiger partial charge in [-0.05, 0) is 13.3 Å². The predicted molar refractivity (Wildman–Crippen MR) is 96.2 cm³/mol. The fourth-order valence-corrected chi connectivity index (χ4v) is 4.59. The summed E-state index contributed by atoms with van der Waals surface area (Å²) in [7, 11) is -3.03. The summed E-state index contributed by atoms with van der Waals surface area (Å²) in [5.74, 6) is -0.339. The van der Waals surface area contributed by atoms with E-state index in [9.17, 15) is 9.36 Å². The van der Waals surface area contributed by atoms with Gasteiger partial charge in [-0.2, -0.15) is 5.10 Å². The molecule has 0 fully saturated rings. The molecule has 2 aromatic carbocycles. The van der Waals surface area contributed by atoms with Gasteiger partial charge >= 0.3 is 0 Å². The lowest BCUT2D eigenvalue weighted by molar-refractivity contribution is -0.118. The highest BCUT2D eigenvalue weighted by atomic mass is 31.2. The molecular weight excluding hydrogens is 307 g/mol. The van der Waals surface area contributed by atoms with Gasteiger partial charge in [-0.25, -0.2) is 5.43 Å². The van der Waals surface area contributed by atoms with Gasteiger partial charge < -0.3 is 4.57 Å². The van der Waals surface area contributed by atoms with E-state index in [0.29, 0.717) is 10.6 Å². The van der Waals surface area contributed by atoms with Crippen LogP contribution in [-0.4, -0.2) is 17.8 Å². The van der Waals surface area contributed by atoms with Gasteiger partial charge in [0.15, 0.2) is 7.14 Å². The van der Waals surface area contributed by atoms with Gasteiger partial charge in [0.25, 0.3) is 0 Å². The largest absolute Gasteiger partial charge is 0.313 e. The van der Waals surface area contributed by atoms with Crippen LogP contribution in [0.2, 0.25) is 0 Å². The van der Waals surface area contributed by atoms with Crippen molar-refractivity contribution in [2.24, 2.45) is 5.10 Å². The second kappa shape index (κ2) is 7.89. The van der Waals surface area contributed by atoms with Gasteiger partial charge in [0.2, 0.25) is 5.91 Å². The molecular formula is C18H21N2O2P. The Balaban J connectivity index is 2.33. The Kier molecular flexibility index (Phi) is 5.89. The number of carbonyl (C=O) groups excluding carboxylic acids is 1. The Bertz CT molecular complexity index is 684. The number of benzene rings is 2. The molecule has 0 aliphatic carbocycles. The molecule has 0 bridgehead atoms. The summed E-state index contributed by atoms with van der Waals surface area (Å²) in [5.41, 5.74) is 3.33. The maximum Gasteiger partial charge on any atom is 0.248 e. The topological polar surface area (TPSA) is 58.5 Å². The average Bonchev–Trinajstić information content (AvgIpc) is 2.61. The van der Waals surface area contributed by atoms with Crippen molar-refractivity contribution in [3.05, 3.63) is 60.7 Å². The zero-order valence-electron chi connectivity index (χ0n) is 13.4. The Morgan fingerprint density at radius 1 is 1.00 bits per heavy atom. The van der Waals surface area contributed by atoms with E-state index in [-0.39, 0.29) is 12.1 Å². The zero-order valence-corrected chi connectivity index (χ0v) is 14.3. The molecule has 0 saturated carbocycles. The van der Waals surface area contributed by atoms with E-state index in [1.807, 2.05) is 74.5 Å². The minimum Gasteiger partial charge on any atom is -0.313 e. The SMILES string of the molecule is CCC(C)=NNC(=O)CP(=O)(c1ccccc1)c1ccccc1. The standard InChI is InChI=1S/C18H21N2O2P/c1-3-15(2)19-20-18(21)14-23(22,16-10-6-4-7-11-16)17-12-8-5-9-13-17/h4-13H,3,14H2,1-2H3,(H,20,21). The molecule has 0 aliphatic rings. The molecule has 5 heteroatoms. The van der Waals surface area contributed by atoms with E-state index in [0.717, 1.165) is 12.1 Å². The molecule has 0 aromatic heterocycles. The van der Waals surface area contributed by atoms with Crippen molar-refractivity contribution in [2.45, 2.75) is 20.3 Å². The van der Waals surface area contributed by atoms with E-state index >= 15 is 0 Å². The molecule has 23 heavy (non-hydrogen) atoms. The summed E-state index contributed by atoms with van der Waals surface area (Å²) in [5, 5.41) is 5.37. The molecule has 0 radical (unpaired) electrons. The van der Waals surface area contributed by atoms with Gasteiger partial charge in [-0.15, -0.1) is 0 Å². The number of amides is 1. The molecule has 1 amide bonds. The van der Waals surface area contributed by atoms with Gasteiger partial charge in [-0.3, -0.25) is 4.79 Å². The Morgan fingerprint density at radius 2 is 1.48 bits per heavy atom. The van der Waals surface area contributed by atoms with Gasteiger partial charge in [0, 0.05) is 16.3 Å². The Hall–Kier alpha value is -2.19. The minimum absolute atomic E-state index is 0.0957. The van der Waals surface area contributed by atoms with Crippen molar-refractivity contribution >= 4 is 29.4 Å². The third-order valence-corrected chi connectivity index (χ3v) is 6.59. The molecule has 2 rings (SSSR count). The number of rotatable bonds is 6. The first-order chi connectivity index (χ1) is 11.1. The van der Waals surface area contributed by atoms with Crippen LogP contribution in [-0.2, 0) is 9.36 Å². The normalized spacial score (nSPS) is 12.0. The van der Waals surface area contributed by atoms with Gasteiger partial charge in [0.05, 0.1) is 6.16 Å². The Morgan fingerprint density at radius 3 is 1.91 bits per heavy atom.